The van der Waals surface area contributed by atoms with Crippen LogP contribution in [0.1, 0.15) is 53.4 Å². The predicted octanol–water partition coefficient (Wildman–Crippen LogP) is 6.72. The zero-order chi connectivity index (χ0) is 33.5. The van der Waals surface area contributed by atoms with E-state index in [0.29, 0.717) is 30.3 Å². The van der Waals surface area contributed by atoms with E-state index in [4.69, 9.17) is 5.10 Å². The number of rotatable bonds is 7. The molecule has 2 aliphatic heterocycles. The summed E-state index contributed by atoms with van der Waals surface area (Å²) in [6.07, 6.45) is 4.08. The number of hydrogen-bond acceptors (Lipinski definition) is 5. The Balaban J connectivity index is 1.20. The lowest BCUT2D eigenvalue weighted by Crippen LogP contribution is -2.50. The molecule has 49 heavy (non-hydrogen) atoms. The molecular weight excluding hydrogens is 610 g/mol. The number of piperidine rings is 1. The molecule has 0 bridgehead atoms. The number of carbonyl (C=O) groups is 2. The quantitative estimate of drug-likeness (QED) is 0.207. The van der Waals surface area contributed by atoms with Gasteiger partial charge in [-0.05, 0) is 63.3 Å². The maximum Gasteiger partial charge on any atom is 0.242 e. The molecule has 2 atom stereocenters. The fraction of sp³-hybridized carbons (Fsp3) is 0.275. The summed E-state index contributed by atoms with van der Waals surface area (Å²) in [4.78, 5) is 33.1. The second-order valence-electron chi connectivity index (χ2n) is 13.4. The van der Waals surface area contributed by atoms with Gasteiger partial charge in [-0.15, -0.1) is 10.2 Å². The van der Waals surface area contributed by atoms with E-state index in [0.717, 1.165) is 53.5 Å². The molecule has 9 nitrogen and oxygen atoms in total. The lowest BCUT2D eigenvalue weighted by Gasteiger charge is -2.37. The molecule has 1 saturated heterocycles. The number of nitrogens with zero attached hydrogens (tertiary/aromatic N) is 6. The van der Waals surface area contributed by atoms with Crippen molar-refractivity contribution in [3.63, 3.8) is 0 Å². The molecule has 0 saturated carbocycles. The summed E-state index contributed by atoms with van der Waals surface area (Å²) < 4.78 is 2.00. The third-order valence-corrected chi connectivity index (χ3v) is 9.95. The van der Waals surface area contributed by atoms with E-state index in [9.17, 15) is 9.59 Å². The third kappa shape index (κ3) is 5.79. The van der Waals surface area contributed by atoms with Crippen LogP contribution >= 0.6 is 0 Å². The number of amides is 2. The fourth-order valence-corrected chi connectivity index (χ4v) is 7.77. The number of H-pyrrole nitrogens is 1. The van der Waals surface area contributed by atoms with Crippen LogP contribution in [0.4, 0.5) is 5.69 Å². The highest BCUT2D eigenvalue weighted by Crippen LogP contribution is 2.39. The standard InChI is InChI=1S/C40H39N7O2/c1-26-20-27(2)22-28(21-26)23-30-14-10-11-19-45(30)37(48)25-46-35-17-8-9-18-36(35)47-38(29-12-4-3-5-13-29)43-44-39(47)32(40(46)49)24-34-31-15-6-7-16-33(31)41-42-34/h3-9,12-13,15-18,20-22,30,32H,10-11,14,19,23-25H2,1-2H3,(H,41,42)/t30-,32?/m1/s1. The average molecular weight is 650 g/mol. The summed E-state index contributed by atoms with van der Waals surface area (Å²) in [6.45, 7) is 4.86. The summed E-state index contributed by atoms with van der Waals surface area (Å²) in [5.41, 5.74) is 7.70. The van der Waals surface area contributed by atoms with Crippen LogP contribution in [-0.2, 0) is 22.4 Å². The van der Waals surface area contributed by atoms with E-state index in [1.165, 1.54) is 16.7 Å². The molecule has 2 aliphatic rings. The van der Waals surface area contributed by atoms with Crippen LogP contribution in [0.2, 0.25) is 0 Å². The molecule has 0 aliphatic carbocycles. The van der Waals surface area contributed by atoms with Gasteiger partial charge in [0, 0.05) is 30.0 Å². The van der Waals surface area contributed by atoms with E-state index < -0.39 is 5.92 Å². The molecule has 1 fully saturated rings. The van der Waals surface area contributed by atoms with E-state index in [-0.39, 0.29) is 24.4 Å². The van der Waals surface area contributed by atoms with Gasteiger partial charge in [0.05, 0.1) is 22.6 Å². The second kappa shape index (κ2) is 12.8. The number of aryl methyl sites for hydroxylation is 2. The van der Waals surface area contributed by atoms with E-state index >= 15 is 0 Å². The summed E-state index contributed by atoms with van der Waals surface area (Å²) in [7, 11) is 0. The topological polar surface area (TPSA) is 100 Å². The lowest BCUT2D eigenvalue weighted by atomic mass is 9.94. The highest BCUT2D eigenvalue weighted by atomic mass is 16.2. The molecule has 6 aromatic rings. The van der Waals surface area contributed by atoms with Gasteiger partial charge in [-0.25, -0.2) is 0 Å². The van der Waals surface area contributed by atoms with Crippen molar-refractivity contribution in [2.24, 2.45) is 0 Å². The van der Waals surface area contributed by atoms with Crippen LogP contribution in [0.3, 0.4) is 0 Å². The normalized spacial score (nSPS) is 17.6. The molecule has 2 aromatic heterocycles. The largest absolute Gasteiger partial charge is 0.338 e. The minimum absolute atomic E-state index is 0.0397. The van der Waals surface area contributed by atoms with Crippen LogP contribution in [0.25, 0.3) is 28.0 Å². The van der Waals surface area contributed by atoms with Crippen molar-refractivity contribution in [3.05, 3.63) is 125 Å². The molecule has 4 aromatic carbocycles. The first kappa shape index (κ1) is 30.7. The van der Waals surface area contributed by atoms with Gasteiger partial charge in [0.15, 0.2) is 11.6 Å². The number of likely N-dealkylation sites (tertiary alicyclic amines) is 1. The minimum atomic E-state index is -0.732. The third-order valence-electron chi connectivity index (χ3n) is 9.95. The van der Waals surface area contributed by atoms with Gasteiger partial charge in [-0.1, -0.05) is 90.0 Å². The van der Waals surface area contributed by atoms with Gasteiger partial charge < -0.3 is 9.80 Å². The zero-order valence-electron chi connectivity index (χ0n) is 27.8. The maximum absolute atomic E-state index is 15.0. The Hall–Kier alpha value is -5.57. The Morgan fingerprint density at radius 2 is 1.57 bits per heavy atom. The second-order valence-corrected chi connectivity index (χ2v) is 13.4. The molecule has 8 rings (SSSR count). The summed E-state index contributed by atoms with van der Waals surface area (Å²) in [5, 5.41) is 18.0. The lowest BCUT2D eigenvalue weighted by molar-refractivity contribution is -0.134. The first-order valence-electron chi connectivity index (χ1n) is 17.1. The van der Waals surface area contributed by atoms with Crippen LogP contribution < -0.4 is 4.90 Å². The first-order chi connectivity index (χ1) is 23.9. The monoisotopic (exact) mass is 649 g/mol. The Bertz CT molecular complexity index is 2150. The highest BCUT2D eigenvalue weighted by Gasteiger charge is 2.40. The molecular formula is C40H39N7O2. The number of hydrogen-bond donors (Lipinski definition) is 1. The average Bonchev–Trinajstić information content (AvgIpc) is 3.72. The molecule has 246 valence electrons. The first-order valence-corrected chi connectivity index (χ1v) is 17.1. The number of anilines is 1. The van der Waals surface area contributed by atoms with Gasteiger partial charge >= 0.3 is 0 Å². The van der Waals surface area contributed by atoms with Crippen molar-refractivity contribution in [3.8, 4) is 17.1 Å². The Kier molecular flexibility index (Phi) is 8.03. The van der Waals surface area contributed by atoms with Crippen LogP contribution in [0, 0.1) is 13.8 Å². The summed E-state index contributed by atoms with van der Waals surface area (Å²) >= 11 is 0. The highest BCUT2D eigenvalue weighted by molar-refractivity contribution is 6.05. The van der Waals surface area contributed by atoms with E-state index in [2.05, 4.69) is 47.3 Å². The SMILES string of the molecule is Cc1cc(C)cc(C[C@H]2CCCCN2C(=O)CN2C(=O)C(Cc3n[nH]c4ccccc34)c3nnc(-c4ccccc4)n3-c3ccccc32)c1. The Morgan fingerprint density at radius 1 is 0.837 bits per heavy atom. The van der Waals surface area contributed by atoms with Gasteiger partial charge in [0.25, 0.3) is 0 Å². The number of aromatic nitrogens is 5. The van der Waals surface area contributed by atoms with Gasteiger partial charge in [0.2, 0.25) is 11.8 Å². The number of carbonyl (C=O) groups excluding carboxylic acids is 2. The van der Waals surface area contributed by atoms with Gasteiger partial charge in [0.1, 0.15) is 12.5 Å². The van der Waals surface area contributed by atoms with Crippen molar-refractivity contribution >= 4 is 28.4 Å². The summed E-state index contributed by atoms with van der Waals surface area (Å²) in [5.74, 6) is 0.211. The van der Waals surface area contributed by atoms with Gasteiger partial charge in [-0.3, -0.25) is 19.3 Å². The van der Waals surface area contributed by atoms with Crippen molar-refractivity contribution in [2.45, 2.75) is 57.9 Å². The zero-order valence-corrected chi connectivity index (χ0v) is 27.8. The minimum Gasteiger partial charge on any atom is -0.338 e. The van der Waals surface area contributed by atoms with Crippen molar-refractivity contribution < 1.29 is 9.59 Å². The van der Waals surface area contributed by atoms with Crippen LogP contribution in [0.5, 0.6) is 0 Å². The van der Waals surface area contributed by atoms with Crippen LogP contribution in [-0.4, -0.2) is 60.8 Å². The van der Waals surface area contributed by atoms with Crippen molar-refractivity contribution in [1.29, 1.82) is 0 Å². The van der Waals surface area contributed by atoms with Gasteiger partial charge in [-0.2, -0.15) is 5.10 Å². The molecule has 1 N–H and O–H groups in total. The number of para-hydroxylation sites is 3. The molecule has 1 unspecified atom stereocenters. The number of nitrogens with one attached hydrogen (secondary N) is 1. The fourth-order valence-electron chi connectivity index (χ4n) is 7.77. The van der Waals surface area contributed by atoms with Crippen molar-refractivity contribution in [2.75, 3.05) is 18.0 Å². The predicted molar refractivity (Wildman–Crippen MR) is 191 cm³/mol. The molecule has 9 heteroatoms. The molecule has 4 heterocycles. The van der Waals surface area contributed by atoms with Crippen LogP contribution in [0.15, 0.2) is 97.1 Å². The number of aromatic amines is 1. The molecule has 0 radical (unpaired) electrons. The smallest absolute Gasteiger partial charge is 0.242 e. The maximum atomic E-state index is 15.0. The van der Waals surface area contributed by atoms with E-state index in [1.54, 1.807) is 4.90 Å². The molecule has 0 spiro atoms. The van der Waals surface area contributed by atoms with Crippen molar-refractivity contribution in [1.82, 2.24) is 29.9 Å². The molecule has 2 amide bonds. The number of benzene rings is 4. The number of fused-ring (bicyclic) bond motifs is 4. The Labute approximate surface area is 285 Å². The van der Waals surface area contributed by atoms with E-state index in [1.807, 2.05) is 88.3 Å². The Morgan fingerprint density at radius 3 is 2.39 bits per heavy atom. The summed E-state index contributed by atoms with van der Waals surface area (Å²) in [6, 6.07) is 32.3.